The first kappa shape index (κ1) is 18.3. The van der Waals surface area contributed by atoms with E-state index in [0.717, 1.165) is 5.02 Å². The first-order valence-electron chi connectivity index (χ1n) is 5.86. The molecule has 0 radical (unpaired) electrons. The van der Waals surface area contributed by atoms with Gasteiger partial charge in [0.1, 0.15) is 0 Å². The van der Waals surface area contributed by atoms with Crippen molar-refractivity contribution in [3.05, 3.63) is 65.7 Å². The third-order valence-corrected chi connectivity index (χ3v) is 5.40. The first-order valence-corrected chi connectivity index (χ1v) is 21.0. The van der Waals surface area contributed by atoms with Crippen LogP contribution < -0.4 is 13.3 Å². The minimum atomic E-state index is 0.530. The molecule has 3 rings (SSSR count). The van der Waals surface area contributed by atoms with Gasteiger partial charge in [0.05, 0.1) is 4.88 Å². The predicted octanol–water partition coefficient (Wildman–Crippen LogP) is 4.85. The van der Waals surface area contributed by atoms with Crippen LogP contribution in [0.1, 0.15) is 0 Å². The molecule has 2 aromatic carbocycles. The second-order valence-electron chi connectivity index (χ2n) is 3.97. The molecule has 0 bridgehead atoms. The van der Waals surface area contributed by atoms with E-state index in [0.29, 0.717) is 13.3 Å². The predicted molar refractivity (Wildman–Crippen MR) is 111 cm³/mol. The molecule has 0 nitrogen and oxygen atoms in total. The van der Waals surface area contributed by atoms with Gasteiger partial charge in [-0.2, -0.15) is 0 Å². The zero-order valence-electron chi connectivity index (χ0n) is 10.6. The van der Waals surface area contributed by atoms with Crippen LogP contribution >= 0.6 is 69.5 Å². The summed E-state index contributed by atoms with van der Waals surface area (Å²) >= 11 is 11.2. The van der Waals surface area contributed by atoms with Crippen LogP contribution in [0.4, 0.5) is 0 Å². The molecule has 1 aromatic heterocycles. The molecule has 0 atom stereocenters. The van der Waals surface area contributed by atoms with Crippen LogP contribution in [-0.2, 0) is 0 Å². The van der Waals surface area contributed by atoms with Crippen LogP contribution in [-0.4, -0.2) is 0 Å². The Morgan fingerprint density at radius 2 is 1.52 bits per heavy atom. The summed E-state index contributed by atoms with van der Waals surface area (Å²) in [6.07, 6.45) is 0. The van der Waals surface area contributed by atoms with Crippen molar-refractivity contribution >= 4 is 69.5 Å². The Balaban J connectivity index is 0.000000497. The van der Waals surface area contributed by atoms with Gasteiger partial charge >= 0.3 is 60.8 Å². The van der Waals surface area contributed by atoms with E-state index < -0.39 is 0 Å². The van der Waals surface area contributed by atoms with Crippen molar-refractivity contribution in [2.45, 2.75) is 0 Å². The van der Waals surface area contributed by atoms with Crippen molar-refractivity contribution in [3.8, 4) is 20.9 Å². The van der Waals surface area contributed by atoms with E-state index in [1.807, 2.05) is 28.5 Å². The third-order valence-electron chi connectivity index (χ3n) is 2.67. The van der Waals surface area contributed by atoms with E-state index in [-0.39, 0.29) is 0 Å². The van der Waals surface area contributed by atoms with Gasteiger partial charge in [-0.15, -0.1) is 0 Å². The van der Waals surface area contributed by atoms with Crippen molar-refractivity contribution in [1.29, 1.82) is 0 Å². The van der Waals surface area contributed by atoms with Gasteiger partial charge in [0, 0.05) is 16.7 Å². The van der Waals surface area contributed by atoms with E-state index in [2.05, 4.69) is 79.7 Å². The third kappa shape index (κ3) is 5.83. The molecule has 110 valence electrons. The van der Waals surface area contributed by atoms with E-state index in [9.17, 15) is 0 Å². The van der Waals surface area contributed by atoms with Crippen molar-refractivity contribution in [2.75, 3.05) is 0 Å². The summed E-state index contributed by atoms with van der Waals surface area (Å²) in [4.78, 5) is 2.60. The van der Waals surface area contributed by atoms with Gasteiger partial charge in [-0.3, -0.25) is 0 Å². The van der Waals surface area contributed by atoms with Crippen LogP contribution in [0.2, 0.25) is 5.02 Å². The second-order valence-corrected chi connectivity index (χ2v) is 22.9. The number of rotatable bonds is 2. The fraction of sp³-hybridized carbons (Fsp3) is 0. The minimum absolute atomic E-state index is 0.530. The fourth-order valence-corrected chi connectivity index (χ4v) is 4.32. The molecule has 0 aliphatic rings. The summed E-state index contributed by atoms with van der Waals surface area (Å²) < 4.78 is 0. The van der Waals surface area contributed by atoms with Gasteiger partial charge in [0.2, 0.25) is 0 Å². The fourth-order valence-electron chi connectivity index (χ4n) is 1.74. The molecule has 0 saturated carbocycles. The topological polar surface area (TPSA) is 0 Å². The summed E-state index contributed by atoms with van der Waals surface area (Å²) in [7, 11) is 3.61. The average molecular weight is 671 g/mol. The monoisotopic (exact) mass is 670 g/mol. The van der Waals surface area contributed by atoms with E-state index >= 15 is 0 Å². The molecule has 0 fully saturated rings. The van der Waals surface area contributed by atoms with Crippen molar-refractivity contribution in [1.82, 2.24) is 0 Å². The average Bonchev–Trinajstić information content (AvgIpc) is 3.00. The van der Waals surface area contributed by atoms with Gasteiger partial charge in [0.25, 0.3) is 4.88 Å². The van der Waals surface area contributed by atoms with Crippen LogP contribution in [0, 0.1) is 0 Å². The Morgan fingerprint density at radius 3 is 2.14 bits per heavy atom. The van der Waals surface area contributed by atoms with Gasteiger partial charge in [-0.25, -0.2) is 0 Å². The standard InChI is InChI=1S/C15H10ClS2.I3/c16-13-8-6-12(7-9-13)15-10-14(17-18-15)11-4-2-1-3-5-11;1-3-2/h1-10H;/q+1;-1. The summed E-state index contributed by atoms with van der Waals surface area (Å²) in [5, 5.41) is 0.780. The molecule has 0 aliphatic heterocycles. The van der Waals surface area contributed by atoms with Gasteiger partial charge in [-0.05, 0) is 29.8 Å². The maximum atomic E-state index is 5.91. The summed E-state index contributed by atoms with van der Waals surface area (Å²) in [6, 6.07) is 20.7. The van der Waals surface area contributed by atoms with Crippen molar-refractivity contribution in [3.63, 3.8) is 0 Å². The Labute approximate surface area is 167 Å². The van der Waals surface area contributed by atoms with Gasteiger partial charge in [-0.1, -0.05) is 41.9 Å². The molecule has 0 saturated heterocycles. The molecule has 6 heteroatoms. The van der Waals surface area contributed by atoms with Crippen LogP contribution in [0.25, 0.3) is 20.9 Å². The van der Waals surface area contributed by atoms with E-state index in [1.165, 1.54) is 20.9 Å². The number of hydrogen-bond donors (Lipinski definition) is 0. The summed E-state index contributed by atoms with van der Waals surface area (Å²) in [5.41, 5.74) is 2.50. The first-order chi connectivity index (χ1) is 10.2. The maximum absolute atomic E-state index is 5.91. The Bertz CT molecular complexity index is 669. The molecule has 21 heavy (non-hydrogen) atoms. The van der Waals surface area contributed by atoms with E-state index in [4.69, 9.17) is 11.6 Å². The summed E-state index contributed by atoms with van der Waals surface area (Å²) in [5.74, 6) is 0. The van der Waals surface area contributed by atoms with Gasteiger partial charge < -0.3 is 0 Å². The number of halogens is 4. The quantitative estimate of drug-likeness (QED) is 0.208. The van der Waals surface area contributed by atoms with E-state index in [1.54, 1.807) is 10.3 Å². The molecule has 0 unspecified atom stereocenters. The molecule has 0 aliphatic carbocycles. The second kappa shape index (κ2) is 9.96. The molecule has 3 aromatic rings. The van der Waals surface area contributed by atoms with Crippen molar-refractivity contribution in [2.24, 2.45) is 0 Å². The Morgan fingerprint density at radius 1 is 0.905 bits per heavy atom. The normalized spacial score (nSPS) is 10.0. The molecule has 0 amide bonds. The zero-order chi connectivity index (χ0) is 15.1. The van der Waals surface area contributed by atoms with Gasteiger partial charge in [0.15, 0.2) is 10.3 Å². The summed E-state index contributed by atoms with van der Waals surface area (Å²) in [6.45, 7) is 0. The zero-order valence-corrected chi connectivity index (χ0v) is 19.5. The SMILES string of the molecule is Clc1ccc(-c2cc(-c3ccccc3)[s+]s2)cc1.I[I-]I. The van der Waals surface area contributed by atoms with Crippen LogP contribution in [0.3, 0.4) is 0 Å². The molecular weight excluding hydrogens is 660 g/mol. The molecule has 0 N–H and O–H groups in total. The number of hydrogen-bond acceptors (Lipinski definition) is 1. The Kier molecular flexibility index (Phi) is 8.69. The van der Waals surface area contributed by atoms with Crippen LogP contribution in [0.15, 0.2) is 60.7 Å². The van der Waals surface area contributed by atoms with Crippen LogP contribution in [0.5, 0.6) is 0 Å². The molecular formula is C15H10ClI3S2. The number of benzene rings is 2. The van der Waals surface area contributed by atoms with Crippen molar-refractivity contribution < 1.29 is 13.3 Å². The Hall–Kier alpha value is 0.970. The molecule has 0 spiro atoms. The molecule has 1 heterocycles.